The fourth-order valence-electron chi connectivity index (χ4n) is 3.30. The predicted molar refractivity (Wildman–Crippen MR) is 99.3 cm³/mol. The van der Waals surface area contributed by atoms with E-state index in [2.05, 4.69) is 5.32 Å². The van der Waals surface area contributed by atoms with E-state index in [-0.39, 0.29) is 30.0 Å². The number of hydrogen-bond donors (Lipinski definition) is 1. The second kappa shape index (κ2) is 7.28. The topological polar surface area (TPSA) is 49.4 Å². The van der Waals surface area contributed by atoms with Crippen LogP contribution in [0.25, 0.3) is 0 Å². The van der Waals surface area contributed by atoms with Crippen LogP contribution >= 0.6 is 0 Å². The third-order valence-corrected chi connectivity index (χ3v) is 4.87. The van der Waals surface area contributed by atoms with Crippen LogP contribution in [0.3, 0.4) is 0 Å². The molecular formula is C21H23FN2O2. The van der Waals surface area contributed by atoms with E-state index in [4.69, 9.17) is 0 Å². The zero-order valence-electron chi connectivity index (χ0n) is 15.0. The Morgan fingerprint density at radius 1 is 1.15 bits per heavy atom. The van der Waals surface area contributed by atoms with Gasteiger partial charge in [0.2, 0.25) is 11.8 Å². The van der Waals surface area contributed by atoms with Gasteiger partial charge in [0.1, 0.15) is 5.82 Å². The summed E-state index contributed by atoms with van der Waals surface area (Å²) >= 11 is 0. The molecule has 0 bridgehead atoms. The number of hydrogen-bond acceptors (Lipinski definition) is 2. The van der Waals surface area contributed by atoms with Crippen LogP contribution in [0.4, 0.5) is 10.1 Å². The van der Waals surface area contributed by atoms with Gasteiger partial charge in [-0.25, -0.2) is 4.39 Å². The predicted octanol–water partition coefficient (Wildman–Crippen LogP) is 3.27. The molecule has 1 saturated heterocycles. The lowest BCUT2D eigenvalue weighted by atomic mass is 9.84. The Morgan fingerprint density at radius 2 is 1.81 bits per heavy atom. The molecule has 4 nitrogen and oxygen atoms in total. The molecule has 1 unspecified atom stereocenters. The summed E-state index contributed by atoms with van der Waals surface area (Å²) in [5, 5.41) is 2.90. The molecule has 26 heavy (non-hydrogen) atoms. The molecule has 1 aliphatic heterocycles. The lowest BCUT2D eigenvalue weighted by Crippen LogP contribution is -2.40. The summed E-state index contributed by atoms with van der Waals surface area (Å²) in [7, 11) is 0. The molecule has 136 valence electrons. The zero-order valence-corrected chi connectivity index (χ0v) is 15.0. The van der Waals surface area contributed by atoms with Crippen molar-refractivity contribution in [3.8, 4) is 0 Å². The molecular weight excluding hydrogens is 331 g/mol. The number of amides is 2. The zero-order chi connectivity index (χ0) is 18.7. The van der Waals surface area contributed by atoms with Gasteiger partial charge < -0.3 is 10.2 Å². The molecule has 3 rings (SSSR count). The first-order chi connectivity index (χ1) is 12.4. The number of para-hydroxylation sites is 1. The summed E-state index contributed by atoms with van der Waals surface area (Å²) in [6.07, 6.45) is 0.195. The van der Waals surface area contributed by atoms with Crippen molar-refractivity contribution in [1.82, 2.24) is 5.32 Å². The first-order valence-electron chi connectivity index (χ1n) is 8.76. The summed E-state index contributed by atoms with van der Waals surface area (Å²) in [5.74, 6) is -0.886. The van der Waals surface area contributed by atoms with E-state index in [0.29, 0.717) is 18.7 Å². The highest BCUT2D eigenvalue weighted by molar-refractivity contribution is 6.00. The molecule has 0 aliphatic carbocycles. The monoisotopic (exact) mass is 354 g/mol. The van der Waals surface area contributed by atoms with E-state index in [0.717, 1.165) is 5.69 Å². The van der Waals surface area contributed by atoms with Gasteiger partial charge in [0.15, 0.2) is 0 Å². The number of nitrogens with one attached hydrogen (secondary N) is 1. The van der Waals surface area contributed by atoms with Crippen molar-refractivity contribution in [2.45, 2.75) is 25.7 Å². The SMILES string of the molecule is CC(C)(CNC(=O)C1CC(=O)N(c2ccccc2)C1)c1ccccc1F. The van der Waals surface area contributed by atoms with Crippen molar-refractivity contribution < 1.29 is 14.0 Å². The summed E-state index contributed by atoms with van der Waals surface area (Å²) in [6, 6.07) is 15.9. The van der Waals surface area contributed by atoms with Crippen LogP contribution in [0, 0.1) is 11.7 Å². The second-order valence-electron chi connectivity index (χ2n) is 7.32. The van der Waals surface area contributed by atoms with E-state index in [1.807, 2.05) is 44.2 Å². The minimum absolute atomic E-state index is 0.0512. The summed E-state index contributed by atoms with van der Waals surface area (Å²) in [5.41, 5.74) is 0.830. The molecule has 2 aromatic carbocycles. The average Bonchev–Trinajstić information content (AvgIpc) is 3.02. The van der Waals surface area contributed by atoms with Crippen LogP contribution in [0.1, 0.15) is 25.8 Å². The van der Waals surface area contributed by atoms with Crippen LogP contribution in [0.2, 0.25) is 0 Å². The smallest absolute Gasteiger partial charge is 0.227 e. The van der Waals surface area contributed by atoms with Crippen LogP contribution in [0.5, 0.6) is 0 Å². The lowest BCUT2D eigenvalue weighted by molar-refractivity contribution is -0.126. The number of benzene rings is 2. The van der Waals surface area contributed by atoms with Crippen LogP contribution in [-0.2, 0) is 15.0 Å². The minimum atomic E-state index is -0.539. The fraction of sp³-hybridized carbons (Fsp3) is 0.333. The fourth-order valence-corrected chi connectivity index (χ4v) is 3.30. The lowest BCUT2D eigenvalue weighted by Gasteiger charge is -2.26. The van der Waals surface area contributed by atoms with E-state index >= 15 is 0 Å². The molecule has 2 amide bonds. The summed E-state index contributed by atoms with van der Waals surface area (Å²) in [6.45, 7) is 4.46. The van der Waals surface area contributed by atoms with E-state index in [9.17, 15) is 14.0 Å². The maximum absolute atomic E-state index is 14.0. The van der Waals surface area contributed by atoms with Crippen molar-refractivity contribution in [3.05, 3.63) is 66.0 Å². The molecule has 1 heterocycles. The van der Waals surface area contributed by atoms with Crippen LogP contribution < -0.4 is 10.2 Å². The largest absolute Gasteiger partial charge is 0.355 e. The second-order valence-corrected chi connectivity index (χ2v) is 7.32. The van der Waals surface area contributed by atoms with Gasteiger partial charge in [-0.1, -0.05) is 50.2 Å². The summed E-state index contributed by atoms with van der Waals surface area (Å²) < 4.78 is 14.0. The van der Waals surface area contributed by atoms with Crippen molar-refractivity contribution in [2.24, 2.45) is 5.92 Å². The van der Waals surface area contributed by atoms with Gasteiger partial charge in [-0.05, 0) is 23.8 Å². The Hall–Kier alpha value is -2.69. The van der Waals surface area contributed by atoms with Crippen molar-refractivity contribution in [1.29, 1.82) is 0 Å². The highest BCUT2D eigenvalue weighted by Gasteiger charge is 2.35. The van der Waals surface area contributed by atoms with Crippen molar-refractivity contribution >= 4 is 17.5 Å². The number of carbonyl (C=O) groups is 2. The number of carbonyl (C=O) groups excluding carboxylic acids is 2. The first-order valence-corrected chi connectivity index (χ1v) is 8.76. The minimum Gasteiger partial charge on any atom is -0.355 e. The van der Waals surface area contributed by atoms with Gasteiger partial charge in [-0.2, -0.15) is 0 Å². The van der Waals surface area contributed by atoms with Crippen molar-refractivity contribution in [3.63, 3.8) is 0 Å². The number of halogens is 1. The Balaban J connectivity index is 1.62. The van der Waals surface area contributed by atoms with Gasteiger partial charge in [-0.15, -0.1) is 0 Å². The molecule has 0 spiro atoms. The first kappa shape index (κ1) is 18.1. The number of nitrogens with zero attached hydrogens (tertiary/aromatic N) is 1. The van der Waals surface area contributed by atoms with Crippen LogP contribution in [-0.4, -0.2) is 24.9 Å². The molecule has 1 aliphatic rings. The van der Waals surface area contributed by atoms with Gasteiger partial charge >= 0.3 is 0 Å². The Morgan fingerprint density at radius 3 is 2.50 bits per heavy atom. The summed E-state index contributed by atoms with van der Waals surface area (Å²) in [4.78, 5) is 26.4. The van der Waals surface area contributed by atoms with Gasteiger partial charge in [-0.3, -0.25) is 9.59 Å². The molecule has 0 saturated carbocycles. The molecule has 0 radical (unpaired) electrons. The Labute approximate surface area is 153 Å². The Bertz CT molecular complexity index is 805. The molecule has 2 aromatic rings. The van der Waals surface area contributed by atoms with E-state index in [1.54, 1.807) is 23.1 Å². The highest BCUT2D eigenvalue weighted by Crippen LogP contribution is 2.27. The molecule has 1 atom stereocenters. The standard InChI is InChI=1S/C21H23FN2O2/c1-21(2,17-10-6-7-11-18(17)22)14-23-20(26)15-12-19(25)24(13-15)16-8-4-3-5-9-16/h3-11,15H,12-14H2,1-2H3,(H,23,26). The molecule has 1 N–H and O–H groups in total. The van der Waals surface area contributed by atoms with Crippen molar-refractivity contribution in [2.75, 3.05) is 18.0 Å². The quantitative estimate of drug-likeness (QED) is 0.896. The number of rotatable bonds is 5. The van der Waals surface area contributed by atoms with Crippen LogP contribution in [0.15, 0.2) is 54.6 Å². The highest BCUT2D eigenvalue weighted by atomic mass is 19.1. The average molecular weight is 354 g/mol. The van der Waals surface area contributed by atoms with Gasteiger partial charge in [0.25, 0.3) is 0 Å². The van der Waals surface area contributed by atoms with E-state index < -0.39 is 5.41 Å². The third-order valence-electron chi connectivity index (χ3n) is 4.87. The third kappa shape index (κ3) is 3.77. The van der Waals surface area contributed by atoms with Gasteiger partial charge in [0, 0.05) is 30.6 Å². The van der Waals surface area contributed by atoms with Gasteiger partial charge in [0.05, 0.1) is 5.92 Å². The maximum Gasteiger partial charge on any atom is 0.227 e. The maximum atomic E-state index is 14.0. The molecule has 0 aromatic heterocycles. The number of anilines is 1. The normalized spacial score (nSPS) is 17.4. The Kier molecular flexibility index (Phi) is 5.07. The molecule has 5 heteroatoms. The van der Waals surface area contributed by atoms with E-state index in [1.165, 1.54) is 6.07 Å². The molecule has 1 fully saturated rings.